The van der Waals surface area contributed by atoms with Crippen LogP contribution in [0.2, 0.25) is 0 Å². The van der Waals surface area contributed by atoms with Gasteiger partial charge in [0, 0.05) is 32.7 Å². The topological polar surface area (TPSA) is 55.2 Å². The van der Waals surface area contributed by atoms with Crippen molar-refractivity contribution in [3.8, 4) is 0 Å². The minimum atomic E-state index is -0.355. The molecule has 1 N–H and O–H groups in total. The SMILES string of the molecule is CSC1(CNc2ccc([N+](=O)[O-])cc2I)CCCC1. The van der Waals surface area contributed by atoms with Gasteiger partial charge in [-0.25, -0.2) is 0 Å². The number of non-ortho nitro benzene ring substituents is 1. The lowest BCUT2D eigenvalue weighted by molar-refractivity contribution is -0.384. The molecule has 1 aromatic carbocycles. The van der Waals surface area contributed by atoms with Gasteiger partial charge in [-0.3, -0.25) is 10.1 Å². The maximum Gasteiger partial charge on any atom is 0.270 e. The highest BCUT2D eigenvalue weighted by molar-refractivity contribution is 14.1. The highest BCUT2D eigenvalue weighted by Crippen LogP contribution is 2.40. The summed E-state index contributed by atoms with van der Waals surface area (Å²) >= 11 is 4.09. The molecule has 0 aliphatic heterocycles. The molecule has 0 atom stereocenters. The fourth-order valence-electron chi connectivity index (χ4n) is 2.49. The molecule has 19 heavy (non-hydrogen) atoms. The summed E-state index contributed by atoms with van der Waals surface area (Å²) in [4.78, 5) is 10.4. The Labute approximate surface area is 131 Å². The van der Waals surface area contributed by atoms with Gasteiger partial charge in [-0.05, 0) is 47.8 Å². The van der Waals surface area contributed by atoms with E-state index in [-0.39, 0.29) is 10.6 Å². The van der Waals surface area contributed by atoms with Crippen molar-refractivity contribution in [3.05, 3.63) is 31.9 Å². The predicted octanol–water partition coefficient (Wildman–Crippen LogP) is 4.29. The Morgan fingerprint density at radius 2 is 2.16 bits per heavy atom. The first-order valence-electron chi connectivity index (χ1n) is 6.29. The summed E-state index contributed by atoms with van der Waals surface area (Å²) in [5, 5.41) is 14.2. The molecular weight excluding hydrogens is 375 g/mol. The van der Waals surface area contributed by atoms with Crippen molar-refractivity contribution in [2.75, 3.05) is 18.1 Å². The Morgan fingerprint density at radius 1 is 1.47 bits per heavy atom. The summed E-state index contributed by atoms with van der Waals surface area (Å²) in [6.07, 6.45) is 7.29. The minimum Gasteiger partial charge on any atom is -0.383 e. The number of hydrogen-bond donors (Lipinski definition) is 1. The van der Waals surface area contributed by atoms with Gasteiger partial charge in [0.05, 0.1) is 4.92 Å². The van der Waals surface area contributed by atoms with Gasteiger partial charge in [-0.1, -0.05) is 12.8 Å². The number of rotatable bonds is 5. The van der Waals surface area contributed by atoms with Gasteiger partial charge in [0.15, 0.2) is 0 Å². The Morgan fingerprint density at radius 3 is 2.68 bits per heavy atom. The van der Waals surface area contributed by atoms with E-state index in [1.165, 1.54) is 25.7 Å². The Balaban J connectivity index is 2.05. The molecule has 1 aliphatic rings. The van der Waals surface area contributed by atoms with Crippen LogP contribution in [0.5, 0.6) is 0 Å². The van der Waals surface area contributed by atoms with Gasteiger partial charge in [0.25, 0.3) is 5.69 Å². The molecule has 1 aliphatic carbocycles. The average molecular weight is 392 g/mol. The Kier molecular flexibility index (Phi) is 4.94. The number of thioether (sulfide) groups is 1. The highest BCUT2D eigenvalue weighted by Gasteiger charge is 2.32. The quantitative estimate of drug-likeness (QED) is 0.462. The smallest absolute Gasteiger partial charge is 0.270 e. The van der Waals surface area contributed by atoms with Crippen molar-refractivity contribution in [1.29, 1.82) is 0 Å². The van der Waals surface area contributed by atoms with Crippen LogP contribution in [0.3, 0.4) is 0 Å². The molecular formula is C13H17IN2O2S. The van der Waals surface area contributed by atoms with Gasteiger partial charge in [-0.15, -0.1) is 0 Å². The van der Waals surface area contributed by atoms with E-state index in [0.29, 0.717) is 4.75 Å². The lowest BCUT2D eigenvalue weighted by Crippen LogP contribution is -2.30. The molecule has 0 saturated heterocycles. The zero-order valence-corrected chi connectivity index (χ0v) is 13.8. The number of halogens is 1. The summed E-state index contributed by atoms with van der Waals surface area (Å²) < 4.78 is 1.24. The zero-order chi connectivity index (χ0) is 13.9. The van der Waals surface area contributed by atoms with E-state index in [9.17, 15) is 10.1 Å². The van der Waals surface area contributed by atoms with Crippen molar-refractivity contribution >= 4 is 45.7 Å². The molecule has 1 aromatic rings. The van der Waals surface area contributed by atoms with E-state index in [0.717, 1.165) is 15.8 Å². The van der Waals surface area contributed by atoms with Crippen molar-refractivity contribution in [3.63, 3.8) is 0 Å². The molecule has 0 spiro atoms. The number of benzene rings is 1. The second-order valence-corrected chi connectivity index (χ2v) is 7.31. The molecule has 2 rings (SSSR count). The van der Waals surface area contributed by atoms with Crippen molar-refractivity contribution in [2.24, 2.45) is 0 Å². The molecule has 1 fully saturated rings. The summed E-state index contributed by atoms with van der Waals surface area (Å²) in [7, 11) is 0. The number of nitro benzene ring substituents is 1. The van der Waals surface area contributed by atoms with Gasteiger partial charge >= 0.3 is 0 Å². The summed E-state index contributed by atoms with van der Waals surface area (Å²) in [6.45, 7) is 0.933. The van der Waals surface area contributed by atoms with Crippen LogP contribution in [0.1, 0.15) is 25.7 Å². The third kappa shape index (κ3) is 3.53. The third-order valence-corrected chi connectivity index (χ3v) is 6.02. The second-order valence-electron chi connectivity index (χ2n) is 4.87. The fourth-order valence-corrected chi connectivity index (χ4v) is 4.09. The van der Waals surface area contributed by atoms with Crippen LogP contribution in [0.15, 0.2) is 18.2 Å². The van der Waals surface area contributed by atoms with Crippen LogP contribution in [-0.2, 0) is 0 Å². The molecule has 104 valence electrons. The molecule has 0 heterocycles. The minimum absolute atomic E-state index is 0.149. The maximum absolute atomic E-state index is 10.7. The molecule has 4 nitrogen and oxygen atoms in total. The summed E-state index contributed by atoms with van der Waals surface area (Å²) in [5.41, 5.74) is 1.14. The first kappa shape index (κ1) is 14.9. The molecule has 0 radical (unpaired) electrons. The molecule has 0 bridgehead atoms. The van der Waals surface area contributed by atoms with E-state index < -0.39 is 0 Å². The summed E-state index contributed by atoms with van der Waals surface area (Å²) in [6, 6.07) is 4.98. The average Bonchev–Trinajstić information content (AvgIpc) is 2.86. The van der Waals surface area contributed by atoms with Crippen molar-refractivity contribution in [2.45, 2.75) is 30.4 Å². The largest absolute Gasteiger partial charge is 0.383 e. The molecule has 0 amide bonds. The maximum atomic E-state index is 10.7. The van der Waals surface area contributed by atoms with E-state index in [4.69, 9.17) is 0 Å². The van der Waals surface area contributed by atoms with Crippen molar-refractivity contribution in [1.82, 2.24) is 0 Å². The van der Waals surface area contributed by atoms with Crippen LogP contribution in [0.4, 0.5) is 11.4 Å². The molecule has 1 saturated carbocycles. The number of nitro groups is 1. The van der Waals surface area contributed by atoms with Crippen LogP contribution >= 0.6 is 34.4 Å². The van der Waals surface area contributed by atoms with Gasteiger partial charge in [-0.2, -0.15) is 11.8 Å². The van der Waals surface area contributed by atoms with Crippen LogP contribution < -0.4 is 5.32 Å². The summed E-state index contributed by atoms with van der Waals surface area (Å²) in [5.74, 6) is 0. The first-order valence-corrected chi connectivity index (χ1v) is 8.60. The van der Waals surface area contributed by atoms with Crippen LogP contribution in [0.25, 0.3) is 0 Å². The normalized spacial score (nSPS) is 17.4. The van der Waals surface area contributed by atoms with E-state index >= 15 is 0 Å². The van der Waals surface area contributed by atoms with E-state index in [1.54, 1.807) is 12.1 Å². The molecule has 0 unspecified atom stereocenters. The monoisotopic (exact) mass is 392 g/mol. The number of hydrogen-bond acceptors (Lipinski definition) is 4. The van der Waals surface area contributed by atoms with Gasteiger partial charge in [0.2, 0.25) is 0 Å². The zero-order valence-electron chi connectivity index (χ0n) is 10.8. The lowest BCUT2D eigenvalue weighted by atomic mass is 10.1. The third-order valence-electron chi connectivity index (χ3n) is 3.71. The Hall–Kier alpha value is -0.500. The predicted molar refractivity (Wildman–Crippen MR) is 89.0 cm³/mol. The van der Waals surface area contributed by atoms with E-state index in [2.05, 4.69) is 34.2 Å². The number of nitrogens with zero attached hydrogens (tertiary/aromatic N) is 1. The van der Waals surface area contributed by atoms with Crippen LogP contribution in [0, 0.1) is 13.7 Å². The number of nitrogens with one attached hydrogen (secondary N) is 1. The second kappa shape index (κ2) is 6.30. The highest BCUT2D eigenvalue weighted by atomic mass is 127. The first-order chi connectivity index (χ1) is 9.06. The van der Waals surface area contributed by atoms with Crippen molar-refractivity contribution < 1.29 is 4.92 Å². The van der Waals surface area contributed by atoms with Gasteiger partial charge in [0.1, 0.15) is 0 Å². The van der Waals surface area contributed by atoms with Gasteiger partial charge < -0.3 is 5.32 Å². The standard InChI is InChI=1S/C13H17IN2O2S/c1-19-13(6-2-3-7-13)9-15-12-5-4-10(16(17)18)8-11(12)14/h4-5,8,15H,2-3,6-7,9H2,1H3. The van der Waals surface area contributed by atoms with Crippen LogP contribution in [-0.4, -0.2) is 22.5 Å². The lowest BCUT2D eigenvalue weighted by Gasteiger charge is -2.27. The molecule has 0 aromatic heterocycles. The Bertz CT molecular complexity index is 476. The number of anilines is 1. The van der Waals surface area contributed by atoms with E-state index in [1.807, 2.05) is 17.8 Å². The fraction of sp³-hybridized carbons (Fsp3) is 0.538. The molecule has 6 heteroatoms.